The van der Waals surface area contributed by atoms with Gasteiger partial charge in [-0.15, -0.1) is 10.2 Å². The van der Waals surface area contributed by atoms with Crippen LogP contribution in [0.25, 0.3) is 10.8 Å². The summed E-state index contributed by atoms with van der Waals surface area (Å²) in [6, 6.07) is 8.90. The van der Waals surface area contributed by atoms with Crippen LogP contribution in [0, 0.1) is 6.92 Å². The van der Waals surface area contributed by atoms with E-state index in [0.717, 1.165) is 12.1 Å². The van der Waals surface area contributed by atoms with Crippen molar-refractivity contribution in [3.8, 4) is 11.5 Å². The van der Waals surface area contributed by atoms with Crippen LogP contribution in [0.3, 0.4) is 0 Å². The van der Waals surface area contributed by atoms with Gasteiger partial charge in [-0.25, -0.2) is 0 Å². The van der Waals surface area contributed by atoms with E-state index in [9.17, 15) is 31.0 Å². The second-order valence-electron chi connectivity index (χ2n) is 6.26. The first kappa shape index (κ1) is 29.0. The molecule has 0 aliphatic heterocycles. The van der Waals surface area contributed by atoms with Crippen molar-refractivity contribution in [2.45, 2.75) is 16.7 Å². The van der Waals surface area contributed by atoms with Gasteiger partial charge >= 0.3 is 59.1 Å². The van der Waals surface area contributed by atoms with E-state index >= 15 is 0 Å². The molecule has 0 saturated carbocycles. The molecule has 0 aliphatic rings. The molecule has 0 bridgehead atoms. The van der Waals surface area contributed by atoms with Crippen molar-refractivity contribution < 1.29 is 35.8 Å². The van der Waals surface area contributed by atoms with Gasteiger partial charge in [0.2, 0.25) is 0 Å². The molecule has 3 aromatic rings. The Balaban J connectivity index is 0.00000256. The van der Waals surface area contributed by atoms with E-state index in [-0.39, 0.29) is 97.3 Å². The number of nitrogens with zero attached hydrogens (tertiary/aromatic N) is 2. The number of azo groups is 1. The summed E-state index contributed by atoms with van der Waals surface area (Å²) in [4.78, 5) is -0.661. The van der Waals surface area contributed by atoms with E-state index in [1.165, 1.54) is 44.4 Å². The minimum absolute atomic E-state index is 0. The Hall–Kier alpha value is -1.06. The number of phenolic OH excluding ortho intramolecular Hbond substituents is 1. The van der Waals surface area contributed by atoms with Gasteiger partial charge in [0.25, 0.3) is 20.2 Å². The van der Waals surface area contributed by atoms with Gasteiger partial charge in [0, 0.05) is 11.5 Å². The van der Waals surface area contributed by atoms with Gasteiger partial charge in [-0.05, 0) is 42.1 Å². The molecule has 0 unspecified atom stereocenters. The van der Waals surface area contributed by atoms with Crippen molar-refractivity contribution in [2.75, 3.05) is 7.11 Å². The van der Waals surface area contributed by atoms with Gasteiger partial charge in [0.1, 0.15) is 27.8 Å². The number of benzene rings is 3. The summed E-state index contributed by atoms with van der Waals surface area (Å²) < 4.78 is 69.2. The van der Waals surface area contributed by atoms with Crippen molar-refractivity contribution in [1.82, 2.24) is 0 Å². The number of ether oxygens (including phenoxy) is 1. The minimum atomic E-state index is -4.46. The van der Waals surface area contributed by atoms with Crippen molar-refractivity contribution in [3.63, 3.8) is 0 Å². The van der Waals surface area contributed by atoms with Crippen LogP contribution in [0.4, 0.5) is 11.4 Å². The zero-order valence-corrected chi connectivity index (χ0v) is 17.3. The summed E-state index contributed by atoms with van der Waals surface area (Å²) >= 11 is 0. The van der Waals surface area contributed by atoms with Crippen LogP contribution in [0.1, 0.15) is 5.56 Å². The number of phenols is 1. The Morgan fingerprint density at radius 2 is 1.53 bits per heavy atom. The number of rotatable bonds is 5. The average molecular weight is 500 g/mol. The maximum atomic E-state index is 11.5. The fourth-order valence-corrected chi connectivity index (χ4v) is 4.06. The summed E-state index contributed by atoms with van der Waals surface area (Å²) in [6.07, 6.45) is 0. The summed E-state index contributed by atoms with van der Waals surface area (Å²) in [7, 11) is -7.59. The van der Waals surface area contributed by atoms with Crippen molar-refractivity contribution >= 4 is 101 Å². The topological polar surface area (TPSA) is 163 Å². The third-order valence-corrected chi connectivity index (χ3v) is 6.10. The molecule has 0 aliphatic carbocycles. The average Bonchev–Trinajstić information content (AvgIpc) is 2.65. The molecule has 14 heteroatoms. The van der Waals surface area contributed by atoms with Crippen LogP contribution in [0.5, 0.6) is 11.5 Å². The van der Waals surface area contributed by atoms with Gasteiger partial charge < -0.3 is 9.84 Å². The van der Waals surface area contributed by atoms with E-state index in [4.69, 9.17) is 4.74 Å². The first-order chi connectivity index (χ1) is 13.9. The molecule has 0 radical (unpaired) electrons. The second-order valence-corrected chi connectivity index (χ2v) is 9.07. The molecule has 0 aromatic heterocycles. The van der Waals surface area contributed by atoms with Crippen LogP contribution in [-0.2, 0) is 20.2 Å². The molecule has 3 N–H and O–H groups in total. The number of fused-ring (bicyclic) bond motifs is 1. The van der Waals surface area contributed by atoms with Crippen LogP contribution in [0.15, 0.2) is 62.5 Å². The fraction of sp³-hybridized carbons (Fsp3) is 0.111. The van der Waals surface area contributed by atoms with Crippen LogP contribution in [-0.4, -0.2) is 97.3 Å². The van der Waals surface area contributed by atoms with Crippen LogP contribution < -0.4 is 4.74 Å². The Morgan fingerprint density at radius 3 is 2.09 bits per heavy atom. The Morgan fingerprint density at radius 1 is 0.875 bits per heavy atom. The molecular formula is C18H18N2Na2O8S2. The van der Waals surface area contributed by atoms with E-state index in [1.807, 2.05) is 0 Å². The van der Waals surface area contributed by atoms with Crippen LogP contribution in [0.2, 0.25) is 0 Å². The fourth-order valence-electron chi connectivity index (χ4n) is 2.82. The quantitative estimate of drug-likeness (QED) is 0.273. The molecule has 3 rings (SSSR count). The maximum absolute atomic E-state index is 11.5. The first-order valence-corrected chi connectivity index (χ1v) is 11.1. The van der Waals surface area contributed by atoms with Gasteiger partial charge in [-0.1, -0.05) is 12.1 Å². The van der Waals surface area contributed by atoms with Crippen molar-refractivity contribution in [1.29, 1.82) is 0 Å². The zero-order chi connectivity index (χ0) is 22.3. The molecule has 10 nitrogen and oxygen atoms in total. The molecule has 32 heavy (non-hydrogen) atoms. The van der Waals surface area contributed by atoms with E-state index in [1.54, 1.807) is 0 Å². The molecule has 3 aromatic carbocycles. The number of hydrogen-bond acceptors (Lipinski definition) is 8. The summed E-state index contributed by atoms with van der Waals surface area (Å²) in [5.41, 5.74) is 0.355. The number of aromatic hydroxyl groups is 1. The standard InChI is InChI=1S/C18H16N2O8S2.2Na.2H/c1-10-7-14(16(28-2)9-17(10)30(25,26)27)19-20-18-13-5-4-12(29(22,23)24)8-11(13)3-6-15(18)21;;;;/h3-9,21H,1-2H3,(H,22,23,24)(H,25,26,27);;;;. The number of methoxy groups -OCH3 is 1. The normalized spacial score (nSPS) is 11.8. The second kappa shape index (κ2) is 10.9. The Bertz CT molecular complexity index is 1410. The van der Waals surface area contributed by atoms with Gasteiger partial charge in [0.15, 0.2) is 0 Å². The molecule has 0 amide bonds. The van der Waals surface area contributed by atoms with Crippen molar-refractivity contribution in [2.24, 2.45) is 10.2 Å². The van der Waals surface area contributed by atoms with Crippen molar-refractivity contribution in [3.05, 3.63) is 48.0 Å². The summed E-state index contributed by atoms with van der Waals surface area (Å²) in [5.74, 6) is -0.221. The predicted molar refractivity (Wildman–Crippen MR) is 121 cm³/mol. The monoisotopic (exact) mass is 500 g/mol. The molecule has 0 atom stereocenters. The van der Waals surface area contributed by atoms with Gasteiger partial charge in [-0.3, -0.25) is 9.11 Å². The summed E-state index contributed by atoms with van der Waals surface area (Å²) in [5, 5.41) is 18.9. The van der Waals surface area contributed by atoms with E-state index in [2.05, 4.69) is 10.2 Å². The SMILES string of the molecule is COc1cc(S(=O)(=O)O)c(C)cc1N=Nc1c(O)ccc2cc(S(=O)(=O)O)ccc12.[NaH].[NaH]. The number of hydrogen-bond donors (Lipinski definition) is 3. The molecule has 0 fully saturated rings. The van der Waals surface area contributed by atoms with Gasteiger partial charge in [0.05, 0.1) is 12.0 Å². The van der Waals surface area contributed by atoms with Gasteiger partial charge in [-0.2, -0.15) is 16.8 Å². The molecule has 0 heterocycles. The molecule has 0 spiro atoms. The Kier molecular flexibility index (Phi) is 9.88. The predicted octanol–water partition coefficient (Wildman–Crippen LogP) is 2.47. The first-order valence-electron chi connectivity index (χ1n) is 8.23. The third kappa shape index (κ3) is 6.29. The van der Waals surface area contributed by atoms with Crippen LogP contribution >= 0.6 is 0 Å². The zero-order valence-electron chi connectivity index (χ0n) is 15.6. The number of aryl methyl sites for hydroxylation is 1. The molecule has 0 saturated heterocycles. The molecular weight excluding hydrogens is 482 g/mol. The summed E-state index contributed by atoms with van der Waals surface area (Å²) in [6.45, 7) is 1.45. The Labute approximate surface area is 228 Å². The van der Waals surface area contributed by atoms with E-state index < -0.39 is 20.2 Å². The van der Waals surface area contributed by atoms with E-state index in [0.29, 0.717) is 10.8 Å². The third-order valence-electron chi connectivity index (χ3n) is 4.25. The molecule has 162 valence electrons.